The normalized spacial score (nSPS) is 27.4. The number of nitrogens with zero attached hydrogens (tertiary/aromatic N) is 3. The topological polar surface area (TPSA) is 155 Å². The Labute approximate surface area is 260 Å². The largest absolute Gasteiger partial charge is 0.497 e. The van der Waals surface area contributed by atoms with Gasteiger partial charge in [0.2, 0.25) is 5.89 Å². The molecule has 5 unspecified atom stereocenters. The number of hydrogen-bond donors (Lipinski definition) is 3. The van der Waals surface area contributed by atoms with Crippen LogP contribution in [0, 0.1) is 0 Å². The van der Waals surface area contributed by atoms with Gasteiger partial charge in [-0.25, -0.2) is 0 Å². The van der Waals surface area contributed by atoms with Gasteiger partial charge in [-0.15, -0.1) is 5.10 Å². The maximum absolute atomic E-state index is 13.1. The van der Waals surface area contributed by atoms with Crippen LogP contribution in [0.15, 0.2) is 71.1 Å². The number of morpholine rings is 1. The van der Waals surface area contributed by atoms with E-state index in [9.17, 15) is 10.2 Å². The molecule has 1 aromatic heterocycles. The van der Waals surface area contributed by atoms with Gasteiger partial charge in [0, 0.05) is 37.7 Å². The van der Waals surface area contributed by atoms with Crippen molar-refractivity contribution in [1.29, 1.82) is 0 Å². The molecule has 0 spiro atoms. The number of anilines is 1. The number of nitrogens with two attached hydrogens (primary N) is 1. The number of fused-ring (bicyclic) bond motifs is 3. The van der Waals surface area contributed by atoms with E-state index in [1.54, 1.807) is 31.4 Å². The number of rotatable bonds is 9. The van der Waals surface area contributed by atoms with Gasteiger partial charge in [0.1, 0.15) is 35.7 Å². The highest BCUT2D eigenvalue weighted by molar-refractivity contribution is 5.63. The van der Waals surface area contributed by atoms with E-state index < -0.39 is 29.1 Å². The third-order valence-corrected chi connectivity index (χ3v) is 9.24. The predicted octanol–water partition coefficient (Wildman–Crippen LogP) is 2.80. The molecule has 0 radical (unpaired) electrons. The summed E-state index contributed by atoms with van der Waals surface area (Å²) in [5.74, 6) is 0.219. The highest BCUT2D eigenvalue weighted by Crippen LogP contribution is 2.72. The summed E-state index contributed by atoms with van der Waals surface area (Å²) < 4.78 is 35.7. The number of nitrogen functional groups attached to an aromatic ring is 1. The summed E-state index contributed by atoms with van der Waals surface area (Å²) in [6.45, 7) is 4.27. The first-order valence-corrected chi connectivity index (χ1v) is 14.9. The zero-order valence-electron chi connectivity index (χ0n) is 25.1. The summed E-state index contributed by atoms with van der Waals surface area (Å²) in [5, 5.41) is 33.5. The van der Waals surface area contributed by atoms with Crippen LogP contribution in [-0.2, 0) is 15.9 Å². The molecule has 2 fully saturated rings. The van der Waals surface area contributed by atoms with Crippen molar-refractivity contribution in [2.75, 3.05) is 59.4 Å². The lowest BCUT2D eigenvalue weighted by atomic mass is 9.70. The van der Waals surface area contributed by atoms with Gasteiger partial charge >= 0.3 is 6.01 Å². The van der Waals surface area contributed by atoms with Crippen LogP contribution in [0.25, 0.3) is 0 Å². The molecule has 4 aromatic rings. The molecule has 1 saturated heterocycles. The maximum Gasteiger partial charge on any atom is 0.312 e. The Morgan fingerprint density at radius 2 is 1.73 bits per heavy atom. The van der Waals surface area contributed by atoms with Gasteiger partial charge in [-0.05, 0) is 23.3 Å². The third kappa shape index (κ3) is 4.59. The molecule has 3 aromatic carbocycles. The zero-order valence-corrected chi connectivity index (χ0v) is 25.1. The molecule has 0 bridgehead atoms. The van der Waals surface area contributed by atoms with Gasteiger partial charge in [0.15, 0.2) is 11.2 Å². The average Bonchev–Trinajstić information content (AvgIpc) is 3.68. The van der Waals surface area contributed by atoms with Crippen molar-refractivity contribution >= 4 is 6.01 Å². The fourth-order valence-corrected chi connectivity index (χ4v) is 7.24. The van der Waals surface area contributed by atoms with Gasteiger partial charge in [0.25, 0.3) is 0 Å². The smallest absolute Gasteiger partial charge is 0.312 e. The Morgan fingerprint density at radius 3 is 2.40 bits per heavy atom. The minimum Gasteiger partial charge on any atom is -0.497 e. The van der Waals surface area contributed by atoms with Crippen molar-refractivity contribution in [3.63, 3.8) is 0 Å². The number of aromatic nitrogens is 2. The highest BCUT2D eigenvalue weighted by Gasteiger charge is 2.78. The molecule has 1 aliphatic carbocycles. The Balaban J connectivity index is 1.39. The van der Waals surface area contributed by atoms with Crippen LogP contribution < -0.4 is 24.7 Å². The number of aliphatic hydroxyl groups is 2. The standard InChI is InChI=1S/C33H36N4O8/c1-40-22-10-8-21(9-11-22)33-27(20-6-4-3-5-7-20)26(30-35-36-31(34)44-30)29(38)32(33,39)28-24(41-2)18-23(19-25(28)45-33)43-17-14-37-12-15-42-16-13-37/h3-11,18-19,26-27,29,38-39H,12-17H2,1-2H3,(H2,34,36). The molecule has 236 valence electrons. The van der Waals surface area contributed by atoms with E-state index in [2.05, 4.69) is 15.1 Å². The van der Waals surface area contributed by atoms with E-state index in [1.165, 1.54) is 7.11 Å². The van der Waals surface area contributed by atoms with Crippen molar-refractivity contribution < 1.29 is 38.3 Å². The third-order valence-electron chi connectivity index (χ3n) is 9.24. The molecule has 12 heteroatoms. The van der Waals surface area contributed by atoms with Gasteiger partial charge in [-0.3, -0.25) is 4.90 Å². The van der Waals surface area contributed by atoms with Crippen molar-refractivity contribution in [1.82, 2.24) is 15.1 Å². The van der Waals surface area contributed by atoms with Crippen molar-refractivity contribution in [2.45, 2.75) is 29.1 Å². The number of aliphatic hydroxyl groups excluding tert-OH is 1. The molecular weight excluding hydrogens is 580 g/mol. The van der Waals surface area contributed by atoms with Crippen molar-refractivity contribution in [3.05, 3.63) is 89.3 Å². The molecule has 1 saturated carbocycles. The molecule has 3 aliphatic rings. The van der Waals surface area contributed by atoms with E-state index in [4.69, 9.17) is 33.8 Å². The van der Waals surface area contributed by atoms with Crippen molar-refractivity contribution in [2.24, 2.45) is 0 Å². The van der Waals surface area contributed by atoms with E-state index in [-0.39, 0.29) is 11.9 Å². The Morgan fingerprint density at radius 1 is 0.978 bits per heavy atom. The first-order chi connectivity index (χ1) is 21.9. The lowest BCUT2D eigenvalue weighted by Gasteiger charge is -2.40. The van der Waals surface area contributed by atoms with E-state index in [1.807, 2.05) is 42.5 Å². The van der Waals surface area contributed by atoms with Crippen LogP contribution in [-0.4, -0.2) is 85.1 Å². The fraction of sp³-hybridized carbons (Fsp3) is 0.394. The first kappa shape index (κ1) is 29.4. The summed E-state index contributed by atoms with van der Waals surface area (Å²) in [7, 11) is 3.09. The van der Waals surface area contributed by atoms with Gasteiger partial charge in [-0.1, -0.05) is 47.6 Å². The Hall–Kier alpha value is -4.36. The van der Waals surface area contributed by atoms with Crippen LogP contribution in [0.4, 0.5) is 6.01 Å². The number of benzene rings is 3. The van der Waals surface area contributed by atoms with Crippen molar-refractivity contribution in [3.8, 4) is 23.0 Å². The van der Waals surface area contributed by atoms with E-state index >= 15 is 0 Å². The highest BCUT2D eigenvalue weighted by atomic mass is 16.5. The molecule has 4 N–H and O–H groups in total. The monoisotopic (exact) mass is 616 g/mol. The molecular formula is C33H36N4O8. The second-order valence-electron chi connectivity index (χ2n) is 11.5. The minimum atomic E-state index is -2.05. The van der Waals surface area contributed by atoms with Crippen LogP contribution in [0.2, 0.25) is 0 Å². The maximum atomic E-state index is 13.1. The lowest BCUT2D eigenvalue weighted by Crippen LogP contribution is -2.52. The number of hydrogen-bond acceptors (Lipinski definition) is 12. The van der Waals surface area contributed by atoms with E-state index in [0.717, 1.165) is 25.2 Å². The predicted molar refractivity (Wildman–Crippen MR) is 162 cm³/mol. The molecule has 2 aliphatic heterocycles. The number of ether oxygens (including phenoxy) is 5. The molecule has 12 nitrogen and oxygen atoms in total. The Kier molecular flexibility index (Phi) is 7.52. The first-order valence-electron chi connectivity index (χ1n) is 14.9. The zero-order chi connectivity index (χ0) is 31.2. The summed E-state index contributed by atoms with van der Waals surface area (Å²) >= 11 is 0. The summed E-state index contributed by atoms with van der Waals surface area (Å²) in [5.41, 5.74) is 3.89. The second kappa shape index (κ2) is 11.5. The summed E-state index contributed by atoms with van der Waals surface area (Å²) in [6.07, 6.45) is -1.49. The molecule has 7 rings (SSSR count). The summed E-state index contributed by atoms with van der Waals surface area (Å²) in [4.78, 5) is 2.28. The van der Waals surface area contributed by atoms with Crippen LogP contribution >= 0.6 is 0 Å². The quantitative estimate of drug-likeness (QED) is 0.253. The van der Waals surface area contributed by atoms with Crippen LogP contribution in [0.3, 0.4) is 0 Å². The molecule has 3 heterocycles. The number of methoxy groups -OCH3 is 2. The lowest BCUT2D eigenvalue weighted by molar-refractivity contribution is -0.151. The minimum absolute atomic E-state index is 0.0803. The molecule has 5 atom stereocenters. The van der Waals surface area contributed by atoms with Gasteiger partial charge in [-0.2, -0.15) is 0 Å². The SMILES string of the molecule is COc1ccc(C23Oc4cc(OCCN5CCOCC5)cc(OC)c4C2(O)C(O)C(c2nnc(N)o2)C3c2ccccc2)cc1. The van der Waals surface area contributed by atoms with Gasteiger partial charge < -0.3 is 44.0 Å². The molecule has 0 amide bonds. The summed E-state index contributed by atoms with van der Waals surface area (Å²) in [6, 6.07) is 20.1. The van der Waals surface area contributed by atoms with Crippen LogP contribution in [0.5, 0.6) is 23.0 Å². The molecule has 45 heavy (non-hydrogen) atoms. The van der Waals surface area contributed by atoms with Crippen LogP contribution in [0.1, 0.15) is 34.4 Å². The Bertz CT molecular complexity index is 1640. The van der Waals surface area contributed by atoms with Gasteiger partial charge in [0.05, 0.1) is 38.9 Å². The average molecular weight is 617 g/mol. The fourth-order valence-electron chi connectivity index (χ4n) is 7.24. The second-order valence-corrected chi connectivity index (χ2v) is 11.5. The van der Waals surface area contributed by atoms with E-state index in [0.29, 0.717) is 53.9 Å².